The highest BCUT2D eigenvalue weighted by Gasteiger charge is 2.15. The molecule has 25 heavy (non-hydrogen) atoms. The number of benzene rings is 1. The van der Waals surface area contributed by atoms with E-state index in [0.29, 0.717) is 35.9 Å². The van der Waals surface area contributed by atoms with Crippen LogP contribution in [0.3, 0.4) is 0 Å². The molecule has 0 saturated heterocycles. The summed E-state index contributed by atoms with van der Waals surface area (Å²) >= 11 is 0. The van der Waals surface area contributed by atoms with Crippen LogP contribution in [0.25, 0.3) is 5.52 Å². The minimum absolute atomic E-state index is 0.0988. The summed E-state index contributed by atoms with van der Waals surface area (Å²) in [7, 11) is -2.98. The number of aromatic nitrogens is 3. The Morgan fingerprint density at radius 1 is 1.20 bits per heavy atom. The lowest BCUT2D eigenvalue weighted by Gasteiger charge is -2.06. The Kier molecular flexibility index (Phi) is 4.89. The third kappa shape index (κ3) is 4.27. The Morgan fingerprint density at radius 2 is 1.96 bits per heavy atom. The zero-order valence-electron chi connectivity index (χ0n) is 14.0. The van der Waals surface area contributed by atoms with Gasteiger partial charge in [0.2, 0.25) is 5.88 Å². The Morgan fingerprint density at radius 3 is 2.68 bits per heavy atom. The number of sulfone groups is 1. The number of hydrogen-bond donors (Lipinski definition) is 0. The van der Waals surface area contributed by atoms with Crippen LogP contribution < -0.4 is 9.47 Å². The quantitative estimate of drug-likeness (QED) is 0.602. The van der Waals surface area contributed by atoms with Crippen LogP contribution in [-0.4, -0.2) is 41.6 Å². The van der Waals surface area contributed by atoms with Crippen molar-refractivity contribution in [2.24, 2.45) is 0 Å². The average Bonchev–Trinajstić information content (AvgIpc) is 2.89. The molecule has 0 saturated carbocycles. The SMILES string of the molecule is Cc1c(OCCCS(C)(=O)=O)cn2ncnc(Oc3ccccc3)c12. The molecule has 2 heterocycles. The van der Waals surface area contributed by atoms with E-state index in [9.17, 15) is 8.42 Å². The van der Waals surface area contributed by atoms with Crippen molar-refractivity contribution in [1.29, 1.82) is 0 Å². The van der Waals surface area contributed by atoms with E-state index in [4.69, 9.17) is 9.47 Å². The summed E-state index contributed by atoms with van der Waals surface area (Å²) in [4.78, 5) is 4.22. The molecule has 7 nitrogen and oxygen atoms in total. The summed E-state index contributed by atoms with van der Waals surface area (Å²) in [5.74, 6) is 1.85. The summed E-state index contributed by atoms with van der Waals surface area (Å²) in [5, 5.41) is 4.18. The molecule has 0 aliphatic heterocycles. The highest BCUT2D eigenvalue weighted by atomic mass is 32.2. The maximum absolute atomic E-state index is 11.2. The van der Waals surface area contributed by atoms with Gasteiger partial charge in [-0.2, -0.15) is 10.1 Å². The van der Waals surface area contributed by atoms with Crippen molar-refractivity contribution >= 4 is 15.4 Å². The lowest BCUT2D eigenvalue weighted by Crippen LogP contribution is -2.08. The van der Waals surface area contributed by atoms with Gasteiger partial charge in [0.1, 0.15) is 33.2 Å². The highest BCUT2D eigenvalue weighted by molar-refractivity contribution is 7.90. The highest BCUT2D eigenvalue weighted by Crippen LogP contribution is 2.31. The number of nitrogens with zero attached hydrogens (tertiary/aromatic N) is 3. The maximum atomic E-state index is 11.2. The monoisotopic (exact) mass is 361 g/mol. The van der Waals surface area contributed by atoms with Crippen LogP contribution in [0.1, 0.15) is 12.0 Å². The Balaban J connectivity index is 1.80. The van der Waals surface area contributed by atoms with Crippen molar-refractivity contribution in [1.82, 2.24) is 14.6 Å². The molecule has 0 aliphatic rings. The summed E-state index contributed by atoms with van der Waals surface area (Å²) in [6, 6.07) is 9.37. The van der Waals surface area contributed by atoms with Gasteiger partial charge in [0, 0.05) is 11.8 Å². The van der Waals surface area contributed by atoms with Gasteiger partial charge < -0.3 is 9.47 Å². The van der Waals surface area contributed by atoms with E-state index in [-0.39, 0.29) is 5.75 Å². The van der Waals surface area contributed by atoms with Gasteiger partial charge >= 0.3 is 0 Å². The van der Waals surface area contributed by atoms with Crippen LogP contribution in [0.2, 0.25) is 0 Å². The van der Waals surface area contributed by atoms with Crippen molar-refractivity contribution < 1.29 is 17.9 Å². The largest absolute Gasteiger partial charge is 0.492 e. The molecule has 132 valence electrons. The predicted octanol–water partition coefficient (Wildman–Crippen LogP) is 2.64. The molecular formula is C17H19N3O4S. The summed E-state index contributed by atoms with van der Waals surface area (Å²) in [6.07, 6.45) is 4.81. The topological polar surface area (TPSA) is 82.8 Å². The van der Waals surface area contributed by atoms with Gasteiger partial charge in [0.05, 0.1) is 18.6 Å². The third-order valence-corrected chi connectivity index (χ3v) is 4.65. The van der Waals surface area contributed by atoms with Crippen LogP contribution in [0, 0.1) is 6.92 Å². The van der Waals surface area contributed by atoms with E-state index in [2.05, 4.69) is 10.1 Å². The molecule has 2 aromatic heterocycles. The molecule has 0 amide bonds. The van der Waals surface area contributed by atoms with Gasteiger partial charge in [-0.05, 0) is 25.5 Å². The summed E-state index contributed by atoms with van der Waals surface area (Å²) in [5.41, 5.74) is 1.55. The van der Waals surface area contributed by atoms with Crippen molar-refractivity contribution in [2.45, 2.75) is 13.3 Å². The minimum Gasteiger partial charge on any atom is -0.492 e. The van der Waals surface area contributed by atoms with Gasteiger partial charge in [-0.3, -0.25) is 0 Å². The number of aryl methyl sites for hydroxylation is 1. The number of fused-ring (bicyclic) bond motifs is 1. The Labute approximate surface area is 146 Å². The predicted molar refractivity (Wildman–Crippen MR) is 94.1 cm³/mol. The lowest BCUT2D eigenvalue weighted by molar-refractivity contribution is 0.316. The fraction of sp³-hybridized carbons (Fsp3) is 0.294. The fourth-order valence-electron chi connectivity index (χ4n) is 2.43. The zero-order chi connectivity index (χ0) is 17.9. The molecule has 8 heteroatoms. The second-order valence-corrected chi connectivity index (χ2v) is 7.98. The first-order valence-electron chi connectivity index (χ1n) is 7.80. The number of rotatable bonds is 7. The molecular weight excluding hydrogens is 342 g/mol. The molecule has 0 aliphatic carbocycles. The molecule has 0 radical (unpaired) electrons. The van der Waals surface area contributed by atoms with Gasteiger partial charge in [0.25, 0.3) is 0 Å². The number of hydrogen-bond acceptors (Lipinski definition) is 6. The molecule has 0 spiro atoms. The van der Waals surface area contributed by atoms with Crippen molar-refractivity contribution in [3.63, 3.8) is 0 Å². The third-order valence-electron chi connectivity index (χ3n) is 3.62. The van der Waals surface area contributed by atoms with E-state index >= 15 is 0 Å². The smallest absolute Gasteiger partial charge is 0.247 e. The first kappa shape index (κ1) is 17.2. The summed E-state index contributed by atoms with van der Waals surface area (Å²) in [6.45, 7) is 2.20. The molecule has 0 fully saturated rings. The van der Waals surface area contributed by atoms with Crippen LogP contribution in [-0.2, 0) is 9.84 Å². The van der Waals surface area contributed by atoms with Crippen LogP contribution in [0.4, 0.5) is 0 Å². The second kappa shape index (κ2) is 7.10. The van der Waals surface area contributed by atoms with Gasteiger partial charge in [-0.15, -0.1) is 0 Å². The Hall–Kier alpha value is -2.61. The van der Waals surface area contributed by atoms with Gasteiger partial charge in [-0.25, -0.2) is 12.9 Å². The van der Waals surface area contributed by atoms with E-state index in [1.807, 2.05) is 37.3 Å². The van der Waals surface area contributed by atoms with E-state index in [1.165, 1.54) is 12.6 Å². The van der Waals surface area contributed by atoms with Crippen molar-refractivity contribution in [3.8, 4) is 17.4 Å². The Bertz CT molecular complexity index is 968. The first-order valence-corrected chi connectivity index (χ1v) is 9.86. The zero-order valence-corrected chi connectivity index (χ0v) is 14.9. The van der Waals surface area contributed by atoms with E-state index in [1.54, 1.807) is 10.7 Å². The molecule has 0 bridgehead atoms. The fourth-order valence-corrected chi connectivity index (χ4v) is 3.07. The van der Waals surface area contributed by atoms with Crippen molar-refractivity contribution in [3.05, 3.63) is 48.4 Å². The second-order valence-electron chi connectivity index (χ2n) is 5.72. The van der Waals surface area contributed by atoms with Crippen LogP contribution in [0.5, 0.6) is 17.4 Å². The van der Waals surface area contributed by atoms with Crippen LogP contribution >= 0.6 is 0 Å². The minimum atomic E-state index is -2.98. The molecule has 0 atom stereocenters. The van der Waals surface area contributed by atoms with Gasteiger partial charge in [-0.1, -0.05) is 18.2 Å². The molecule has 1 aromatic carbocycles. The molecule has 3 rings (SSSR count). The van der Waals surface area contributed by atoms with Gasteiger partial charge in [0.15, 0.2) is 0 Å². The lowest BCUT2D eigenvalue weighted by atomic mass is 10.3. The van der Waals surface area contributed by atoms with Crippen LogP contribution in [0.15, 0.2) is 42.9 Å². The van der Waals surface area contributed by atoms with Crippen molar-refractivity contribution in [2.75, 3.05) is 18.6 Å². The van der Waals surface area contributed by atoms with E-state index < -0.39 is 9.84 Å². The molecule has 0 N–H and O–H groups in total. The number of para-hydroxylation sites is 1. The molecule has 3 aromatic rings. The molecule has 0 unspecified atom stereocenters. The summed E-state index contributed by atoms with van der Waals surface area (Å²) < 4.78 is 35.6. The first-order chi connectivity index (χ1) is 11.9. The maximum Gasteiger partial charge on any atom is 0.247 e. The number of ether oxygens (including phenoxy) is 2. The normalized spacial score (nSPS) is 11.6. The average molecular weight is 361 g/mol. The van der Waals surface area contributed by atoms with E-state index in [0.717, 1.165) is 5.56 Å². The standard InChI is InChI=1S/C17H19N3O4S/c1-13-15(23-9-6-10-25(2,21)22)11-20-16(13)17(18-12-19-20)24-14-7-4-3-5-8-14/h3-5,7-8,11-12H,6,9-10H2,1-2H3.